The maximum absolute atomic E-state index is 13.0. The van der Waals surface area contributed by atoms with Crippen molar-refractivity contribution in [3.8, 4) is 11.5 Å². The molecule has 1 N–H and O–H groups in total. The molecule has 3 rings (SSSR count). The minimum atomic E-state index is -0.301. The molecule has 0 saturated carbocycles. The van der Waals surface area contributed by atoms with Crippen LogP contribution in [0, 0.1) is 5.92 Å². The number of methoxy groups -OCH3 is 2. The minimum Gasteiger partial charge on any atom is -0.493 e. The first kappa shape index (κ1) is 24.6. The molecule has 0 aliphatic carbocycles. The molecule has 180 valence electrons. The highest BCUT2D eigenvalue weighted by molar-refractivity contribution is 5.89. The monoisotopic (exact) mass is 458 g/mol. The van der Waals surface area contributed by atoms with E-state index in [0.717, 1.165) is 5.56 Å². The van der Waals surface area contributed by atoms with Gasteiger partial charge in [-0.05, 0) is 24.1 Å². The first-order valence-electron chi connectivity index (χ1n) is 11.3. The van der Waals surface area contributed by atoms with Crippen LogP contribution in [0.5, 0.6) is 11.5 Å². The lowest BCUT2D eigenvalue weighted by Crippen LogP contribution is -2.52. The van der Waals surface area contributed by atoms with E-state index >= 15 is 0 Å². The van der Waals surface area contributed by atoms with E-state index in [4.69, 9.17) is 9.47 Å². The molecule has 1 unspecified atom stereocenters. The summed E-state index contributed by atoms with van der Waals surface area (Å²) in [4.78, 5) is 43.0. The maximum atomic E-state index is 13.0. The Balaban J connectivity index is 1.45. The number of benzene rings is 1. The molecule has 1 aromatic rings. The third-order valence-corrected chi connectivity index (χ3v) is 6.18. The molecular weight excluding hydrogens is 424 g/mol. The molecule has 3 amide bonds. The van der Waals surface area contributed by atoms with Gasteiger partial charge in [0.15, 0.2) is 11.5 Å². The summed E-state index contributed by atoms with van der Waals surface area (Å²) in [6.07, 6.45) is 2.59. The van der Waals surface area contributed by atoms with Crippen molar-refractivity contribution in [2.75, 3.05) is 66.6 Å². The second-order valence-corrected chi connectivity index (χ2v) is 8.37. The normalized spacial score (nSPS) is 18.8. The lowest BCUT2D eigenvalue weighted by molar-refractivity contribution is -0.137. The molecule has 9 nitrogen and oxygen atoms in total. The van der Waals surface area contributed by atoms with E-state index in [1.165, 1.54) is 0 Å². The summed E-state index contributed by atoms with van der Waals surface area (Å²) in [5.74, 6) is 1.04. The standard InChI is InChI=1S/C24H34N4O5/c1-4-8-25-22(29)17-26-10-12-27(13-11-26)24(31)19-15-23(30)28(16-19)9-7-18-5-6-20(32-2)21(14-18)33-3/h4-6,14,19H,1,7-13,15-17H2,2-3H3,(H,25,29). The molecule has 2 saturated heterocycles. The predicted molar refractivity (Wildman–Crippen MR) is 124 cm³/mol. The Kier molecular flexibility index (Phi) is 8.71. The van der Waals surface area contributed by atoms with Gasteiger partial charge in [-0.3, -0.25) is 19.3 Å². The van der Waals surface area contributed by atoms with Gasteiger partial charge in [-0.1, -0.05) is 12.1 Å². The van der Waals surface area contributed by atoms with Gasteiger partial charge in [0.2, 0.25) is 17.7 Å². The Morgan fingerprint density at radius 3 is 2.55 bits per heavy atom. The quantitative estimate of drug-likeness (QED) is 0.515. The second kappa shape index (κ2) is 11.7. The van der Waals surface area contributed by atoms with E-state index in [2.05, 4.69) is 11.9 Å². The molecule has 0 spiro atoms. The third kappa shape index (κ3) is 6.47. The minimum absolute atomic E-state index is 0.0198. The van der Waals surface area contributed by atoms with Crippen molar-refractivity contribution in [3.63, 3.8) is 0 Å². The number of nitrogens with zero attached hydrogens (tertiary/aromatic N) is 3. The summed E-state index contributed by atoms with van der Waals surface area (Å²) in [6.45, 7) is 7.82. The highest BCUT2D eigenvalue weighted by atomic mass is 16.5. The van der Waals surface area contributed by atoms with Crippen molar-refractivity contribution in [1.29, 1.82) is 0 Å². The number of amides is 3. The van der Waals surface area contributed by atoms with Gasteiger partial charge in [0, 0.05) is 52.2 Å². The number of hydrogen-bond acceptors (Lipinski definition) is 6. The zero-order valence-electron chi connectivity index (χ0n) is 19.5. The fourth-order valence-corrected chi connectivity index (χ4v) is 4.28. The van der Waals surface area contributed by atoms with Crippen molar-refractivity contribution in [3.05, 3.63) is 36.4 Å². The van der Waals surface area contributed by atoms with Crippen molar-refractivity contribution in [1.82, 2.24) is 20.0 Å². The maximum Gasteiger partial charge on any atom is 0.234 e. The van der Waals surface area contributed by atoms with E-state index in [1.807, 2.05) is 28.0 Å². The van der Waals surface area contributed by atoms with Gasteiger partial charge < -0.3 is 24.6 Å². The van der Waals surface area contributed by atoms with E-state index in [9.17, 15) is 14.4 Å². The van der Waals surface area contributed by atoms with Crippen molar-refractivity contribution in [2.45, 2.75) is 12.8 Å². The van der Waals surface area contributed by atoms with Crippen LogP contribution in [0.4, 0.5) is 0 Å². The second-order valence-electron chi connectivity index (χ2n) is 8.37. The number of piperazine rings is 1. The smallest absolute Gasteiger partial charge is 0.234 e. The van der Waals surface area contributed by atoms with Crippen LogP contribution in [0.3, 0.4) is 0 Å². The number of hydrogen-bond donors (Lipinski definition) is 1. The van der Waals surface area contributed by atoms with Gasteiger partial charge in [0.1, 0.15) is 0 Å². The van der Waals surface area contributed by atoms with Crippen LogP contribution in [0.15, 0.2) is 30.9 Å². The summed E-state index contributed by atoms with van der Waals surface area (Å²) in [5.41, 5.74) is 1.04. The van der Waals surface area contributed by atoms with E-state index in [1.54, 1.807) is 25.2 Å². The summed E-state index contributed by atoms with van der Waals surface area (Å²) in [5, 5.41) is 2.77. The largest absolute Gasteiger partial charge is 0.493 e. The molecule has 0 aromatic heterocycles. The fourth-order valence-electron chi connectivity index (χ4n) is 4.28. The number of carbonyl (C=O) groups is 3. The van der Waals surface area contributed by atoms with Crippen LogP contribution in [0.1, 0.15) is 12.0 Å². The van der Waals surface area contributed by atoms with Crippen LogP contribution in [0.25, 0.3) is 0 Å². The molecule has 33 heavy (non-hydrogen) atoms. The molecule has 2 aliphatic rings. The number of ether oxygens (including phenoxy) is 2. The summed E-state index contributed by atoms with van der Waals surface area (Å²) < 4.78 is 10.6. The molecule has 0 bridgehead atoms. The van der Waals surface area contributed by atoms with E-state index in [-0.39, 0.29) is 30.1 Å². The van der Waals surface area contributed by atoms with Crippen LogP contribution in [-0.2, 0) is 20.8 Å². The number of rotatable bonds is 10. The Morgan fingerprint density at radius 1 is 1.15 bits per heavy atom. The van der Waals surface area contributed by atoms with Gasteiger partial charge in [-0.15, -0.1) is 6.58 Å². The van der Waals surface area contributed by atoms with Crippen LogP contribution < -0.4 is 14.8 Å². The Morgan fingerprint density at radius 2 is 1.88 bits per heavy atom. The molecule has 2 fully saturated rings. The average Bonchev–Trinajstić information content (AvgIpc) is 3.21. The van der Waals surface area contributed by atoms with Gasteiger partial charge in [-0.25, -0.2) is 0 Å². The average molecular weight is 459 g/mol. The van der Waals surface area contributed by atoms with Gasteiger partial charge in [-0.2, -0.15) is 0 Å². The van der Waals surface area contributed by atoms with Crippen LogP contribution >= 0.6 is 0 Å². The Hall–Kier alpha value is -3.07. The molecule has 0 radical (unpaired) electrons. The fraction of sp³-hybridized carbons (Fsp3) is 0.542. The van der Waals surface area contributed by atoms with Crippen molar-refractivity contribution >= 4 is 17.7 Å². The third-order valence-electron chi connectivity index (χ3n) is 6.18. The number of likely N-dealkylation sites (tertiary alicyclic amines) is 1. The number of nitrogens with one attached hydrogen (secondary N) is 1. The molecule has 2 heterocycles. The van der Waals surface area contributed by atoms with E-state index in [0.29, 0.717) is 70.3 Å². The predicted octanol–water partition coefficient (Wildman–Crippen LogP) is 0.541. The van der Waals surface area contributed by atoms with Gasteiger partial charge in [0.25, 0.3) is 0 Å². The SMILES string of the molecule is C=CCNC(=O)CN1CCN(C(=O)C2CC(=O)N(CCc3ccc(OC)c(OC)c3)C2)CC1. The van der Waals surface area contributed by atoms with Crippen LogP contribution in [-0.4, -0.2) is 99.0 Å². The molecule has 1 atom stereocenters. The van der Waals surface area contributed by atoms with Gasteiger partial charge >= 0.3 is 0 Å². The summed E-state index contributed by atoms with van der Waals surface area (Å²) >= 11 is 0. The molecule has 9 heteroatoms. The van der Waals surface area contributed by atoms with Crippen LogP contribution in [0.2, 0.25) is 0 Å². The van der Waals surface area contributed by atoms with Gasteiger partial charge in [0.05, 0.1) is 26.7 Å². The molecular formula is C24H34N4O5. The Bertz CT molecular complexity index is 866. The zero-order valence-corrected chi connectivity index (χ0v) is 19.5. The highest BCUT2D eigenvalue weighted by Crippen LogP contribution is 2.28. The first-order valence-corrected chi connectivity index (χ1v) is 11.3. The van der Waals surface area contributed by atoms with Crippen molar-refractivity contribution in [2.24, 2.45) is 5.92 Å². The number of carbonyl (C=O) groups excluding carboxylic acids is 3. The molecule has 2 aliphatic heterocycles. The highest BCUT2D eigenvalue weighted by Gasteiger charge is 2.37. The lowest BCUT2D eigenvalue weighted by atomic mass is 10.1. The topological polar surface area (TPSA) is 91.4 Å². The molecule has 1 aromatic carbocycles. The summed E-state index contributed by atoms with van der Waals surface area (Å²) in [6, 6.07) is 5.73. The zero-order chi connectivity index (χ0) is 23.8. The lowest BCUT2D eigenvalue weighted by Gasteiger charge is -2.35. The first-order chi connectivity index (χ1) is 15.9. The van der Waals surface area contributed by atoms with Crippen molar-refractivity contribution < 1.29 is 23.9 Å². The summed E-state index contributed by atoms with van der Waals surface area (Å²) in [7, 11) is 3.19. The Labute approximate surface area is 195 Å². The van der Waals surface area contributed by atoms with E-state index < -0.39 is 0 Å².